The number of carbonyl (C=O) groups excluding carboxylic acids is 1. The molecule has 0 spiro atoms. The highest BCUT2D eigenvalue weighted by molar-refractivity contribution is 9.10. The van der Waals surface area contributed by atoms with Crippen LogP contribution in [0, 0.1) is 0 Å². The van der Waals surface area contributed by atoms with Crippen molar-refractivity contribution in [3.63, 3.8) is 0 Å². The number of hydrogen-bond donors (Lipinski definition) is 0. The summed E-state index contributed by atoms with van der Waals surface area (Å²) in [5, 5.41) is 8.17. The third-order valence-corrected chi connectivity index (χ3v) is 6.21. The molecule has 0 aliphatic carbocycles. The lowest BCUT2D eigenvalue weighted by Gasteiger charge is -2.05. The molecule has 0 unspecified atom stereocenters. The van der Waals surface area contributed by atoms with Crippen LogP contribution in [0.4, 0.5) is 0 Å². The van der Waals surface area contributed by atoms with Crippen LogP contribution in [-0.2, 0) is 10.5 Å². The minimum Gasteiger partial charge on any atom is -0.465 e. The highest BCUT2D eigenvalue weighted by Gasteiger charge is 2.10. The zero-order valence-corrected chi connectivity index (χ0v) is 14.8. The normalized spacial score (nSPS) is 10.6. The molecule has 0 saturated heterocycles. The highest BCUT2D eigenvalue weighted by atomic mass is 79.9. The average molecular weight is 391 g/mol. The van der Waals surface area contributed by atoms with Gasteiger partial charge in [0, 0.05) is 10.2 Å². The van der Waals surface area contributed by atoms with Crippen molar-refractivity contribution >= 4 is 56.8 Å². The Labute approximate surface area is 137 Å². The first kappa shape index (κ1) is 15.8. The Bertz CT molecular complexity index is 618. The number of hydrogen-bond acceptors (Lipinski definition) is 7. The largest absolute Gasteiger partial charge is 0.465 e. The van der Waals surface area contributed by atoms with Gasteiger partial charge in [0.05, 0.1) is 12.7 Å². The van der Waals surface area contributed by atoms with Gasteiger partial charge in [0.2, 0.25) is 0 Å². The van der Waals surface area contributed by atoms with E-state index in [0.717, 1.165) is 24.5 Å². The van der Waals surface area contributed by atoms with Crippen molar-refractivity contribution in [3.05, 3.63) is 33.8 Å². The standard InChI is InChI=1S/C12H11BrN2O2S3/c1-17-10(16)7-3-4-8(9(13)5-7)6-19-12-15-14-11(18-2)20-12/h3-5H,6H2,1-2H3. The van der Waals surface area contributed by atoms with Crippen molar-refractivity contribution in [2.24, 2.45) is 0 Å². The molecule has 2 rings (SSSR count). The first-order valence-electron chi connectivity index (χ1n) is 5.51. The summed E-state index contributed by atoms with van der Waals surface area (Å²) in [6.45, 7) is 0. The molecule has 0 bridgehead atoms. The SMILES string of the molecule is COC(=O)c1ccc(CSc2nnc(SC)s2)c(Br)c1. The van der Waals surface area contributed by atoms with Crippen LogP contribution in [0.25, 0.3) is 0 Å². The van der Waals surface area contributed by atoms with E-state index in [1.54, 1.807) is 47.0 Å². The van der Waals surface area contributed by atoms with Crippen molar-refractivity contribution in [3.8, 4) is 0 Å². The molecule has 0 aliphatic heterocycles. The molecular formula is C12H11BrN2O2S3. The van der Waals surface area contributed by atoms with Gasteiger partial charge in [-0.1, -0.05) is 56.9 Å². The van der Waals surface area contributed by atoms with E-state index in [1.807, 2.05) is 12.3 Å². The number of ether oxygens (including phenoxy) is 1. The van der Waals surface area contributed by atoms with E-state index in [0.29, 0.717) is 5.56 Å². The molecule has 0 aliphatic rings. The Balaban J connectivity index is 2.04. The van der Waals surface area contributed by atoms with Gasteiger partial charge in [0.25, 0.3) is 0 Å². The molecule has 20 heavy (non-hydrogen) atoms. The number of benzene rings is 1. The quantitative estimate of drug-likeness (QED) is 0.565. The summed E-state index contributed by atoms with van der Waals surface area (Å²) in [4.78, 5) is 11.4. The Kier molecular flexibility index (Phi) is 5.88. The summed E-state index contributed by atoms with van der Waals surface area (Å²) < 4.78 is 7.49. The number of halogens is 1. The van der Waals surface area contributed by atoms with E-state index in [9.17, 15) is 4.79 Å². The number of carbonyl (C=O) groups is 1. The third-order valence-electron chi connectivity index (χ3n) is 2.39. The Hall–Kier alpha value is -0.570. The predicted octanol–water partition coefficient (Wildman–Crippen LogP) is 4.10. The summed E-state index contributed by atoms with van der Waals surface area (Å²) in [5.74, 6) is 0.434. The maximum atomic E-state index is 11.4. The molecule has 4 nitrogen and oxygen atoms in total. The second-order valence-electron chi connectivity index (χ2n) is 3.62. The van der Waals surface area contributed by atoms with Gasteiger partial charge in [-0.05, 0) is 24.0 Å². The van der Waals surface area contributed by atoms with Crippen LogP contribution in [-0.4, -0.2) is 29.5 Å². The molecule has 0 amide bonds. The van der Waals surface area contributed by atoms with Crippen LogP contribution < -0.4 is 0 Å². The molecular weight excluding hydrogens is 380 g/mol. The van der Waals surface area contributed by atoms with E-state index < -0.39 is 0 Å². The number of thioether (sulfide) groups is 2. The van der Waals surface area contributed by atoms with E-state index in [1.165, 1.54) is 7.11 Å². The molecule has 0 N–H and O–H groups in total. The molecule has 0 saturated carbocycles. The van der Waals surface area contributed by atoms with Gasteiger partial charge in [-0.15, -0.1) is 10.2 Å². The summed E-state index contributed by atoms with van der Waals surface area (Å²) in [6, 6.07) is 5.45. The van der Waals surface area contributed by atoms with Crippen LogP contribution in [0.3, 0.4) is 0 Å². The minimum absolute atomic E-state index is 0.335. The van der Waals surface area contributed by atoms with Crippen LogP contribution in [0.15, 0.2) is 31.4 Å². The van der Waals surface area contributed by atoms with Gasteiger partial charge in [0.1, 0.15) is 0 Å². The molecule has 8 heteroatoms. The lowest BCUT2D eigenvalue weighted by molar-refractivity contribution is 0.0600. The van der Waals surface area contributed by atoms with E-state index in [-0.39, 0.29) is 5.97 Å². The lowest BCUT2D eigenvalue weighted by Crippen LogP contribution is -2.01. The third kappa shape index (κ3) is 3.97. The number of rotatable bonds is 5. The van der Waals surface area contributed by atoms with Crippen molar-refractivity contribution in [2.45, 2.75) is 14.4 Å². The van der Waals surface area contributed by atoms with E-state index in [2.05, 4.69) is 26.1 Å². The summed E-state index contributed by atoms with van der Waals surface area (Å²) in [5.41, 5.74) is 1.64. The zero-order valence-electron chi connectivity index (χ0n) is 10.8. The maximum Gasteiger partial charge on any atom is 0.337 e. The summed E-state index contributed by atoms with van der Waals surface area (Å²) in [6.07, 6.45) is 1.98. The molecule has 1 aromatic carbocycles. The number of nitrogens with zero attached hydrogens (tertiary/aromatic N) is 2. The van der Waals surface area contributed by atoms with E-state index >= 15 is 0 Å². The molecule has 2 aromatic rings. The average Bonchev–Trinajstić information content (AvgIpc) is 2.93. The van der Waals surface area contributed by atoms with Gasteiger partial charge in [-0.2, -0.15) is 0 Å². The summed E-state index contributed by atoms with van der Waals surface area (Å²) >= 11 is 8.29. The fourth-order valence-corrected chi connectivity index (χ4v) is 4.53. The first-order valence-corrected chi connectivity index (χ1v) is 9.33. The smallest absolute Gasteiger partial charge is 0.337 e. The van der Waals surface area contributed by atoms with Gasteiger partial charge >= 0.3 is 5.97 Å². The van der Waals surface area contributed by atoms with Crippen LogP contribution in [0.2, 0.25) is 0 Å². The van der Waals surface area contributed by atoms with Crippen molar-refractivity contribution in [1.82, 2.24) is 10.2 Å². The van der Waals surface area contributed by atoms with Gasteiger partial charge in [-0.3, -0.25) is 0 Å². The number of aromatic nitrogens is 2. The Morgan fingerprint density at radius 1 is 1.40 bits per heavy atom. The monoisotopic (exact) mass is 390 g/mol. The number of esters is 1. The molecule has 1 heterocycles. The molecule has 106 valence electrons. The minimum atomic E-state index is -0.335. The lowest BCUT2D eigenvalue weighted by atomic mass is 10.1. The summed E-state index contributed by atoms with van der Waals surface area (Å²) in [7, 11) is 1.37. The van der Waals surface area contributed by atoms with Crippen LogP contribution >= 0.6 is 50.8 Å². The van der Waals surface area contributed by atoms with E-state index in [4.69, 9.17) is 4.74 Å². The number of methoxy groups -OCH3 is 1. The molecule has 1 aromatic heterocycles. The second-order valence-corrected chi connectivity index (χ2v) is 7.73. The van der Waals surface area contributed by atoms with Crippen LogP contribution in [0.1, 0.15) is 15.9 Å². The highest BCUT2D eigenvalue weighted by Crippen LogP contribution is 2.31. The second kappa shape index (κ2) is 7.44. The Morgan fingerprint density at radius 3 is 2.75 bits per heavy atom. The van der Waals surface area contributed by atoms with Crippen molar-refractivity contribution in [2.75, 3.05) is 13.4 Å². The zero-order chi connectivity index (χ0) is 14.5. The molecule has 0 atom stereocenters. The molecule has 0 radical (unpaired) electrons. The van der Waals surface area contributed by atoms with Crippen LogP contribution in [0.5, 0.6) is 0 Å². The van der Waals surface area contributed by atoms with Crippen molar-refractivity contribution in [1.29, 1.82) is 0 Å². The fraction of sp³-hybridized carbons (Fsp3) is 0.250. The Morgan fingerprint density at radius 2 is 2.15 bits per heavy atom. The first-order chi connectivity index (χ1) is 9.63. The fourth-order valence-electron chi connectivity index (χ4n) is 1.39. The predicted molar refractivity (Wildman–Crippen MR) is 86.7 cm³/mol. The van der Waals surface area contributed by atoms with Gasteiger partial charge in [-0.25, -0.2) is 4.79 Å². The van der Waals surface area contributed by atoms with Gasteiger partial charge < -0.3 is 4.74 Å². The van der Waals surface area contributed by atoms with Gasteiger partial charge in [0.15, 0.2) is 8.68 Å². The maximum absolute atomic E-state index is 11.4. The van der Waals surface area contributed by atoms with Crippen molar-refractivity contribution < 1.29 is 9.53 Å². The topological polar surface area (TPSA) is 52.1 Å². The molecule has 0 fully saturated rings.